The van der Waals surface area contributed by atoms with Crippen LogP contribution in [-0.2, 0) is 0 Å². The van der Waals surface area contributed by atoms with Crippen LogP contribution in [0.4, 0.5) is 0 Å². The third-order valence-electron chi connectivity index (χ3n) is 5.23. The predicted molar refractivity (Wildman–Crippen MR) is 98.9 cm³/mol. The van der Waals surface area contributed by atoms with Crippen molar-refractivity contribution in [1.82, 2.24) is 0 Å². The van der Waals surface area contributed by atoms with Crippen molar-refractivity contribution in [3.05, 3.63) is 0 Å². The Morgan fingerprint density at radius 1 is 0.429 bits per heavy atom. The van der Waals surface area contributed by atoms with Gasteiger partial charge in [0, 0.05) is 0 Å². The lowest BCUT2D eigenvalue weighted by Crippen LogP contribution is -2.07. The Kier molecular flexibility index (Phi) is 16.4. The van der Waals surface area contributed by atoms with E-state index in [0.29, 0.717) is 0 Å². The second kappa shape index (κ2) is 16.4. The molecule has 0 N–H and O–H groups in total. The van der Waals surface area contributed by atoms with Crippen molar-refractivity contribution in [3.8, 4) is 0 Å². The minimum atomic E-state index is 0.933. The van der Waals surface area contributed by atoms with Gasteiger partial charge in [-0.05, 0) is 11.8 Å². The van der Waals surface area contributed by atoms with Crippen LogP contribution in [0.5, 0.6) is 0 Å². The van der Waals surface area contributed by atoms with Crippen LogP contribution in [0.25, 0.3) is 0 Å². The average Bonchev–Trinajstić information content (AvgIpc) is 2.48. The monoisotopic (exact) mass is 296 g/mol. The lowest BCUT2D eigenvalue weighted by atomic mass is 9.87. The maximum atomic E-state index is 2.46. The molecule has 0 fully saturated rings. The van der Waals surface area contributed by atoms with Gasteiger partial charge in [0.1, 0.15) is 0 Å². The van der Waals surface area contributed by atoms with Crippen LogP contribution in [0.1, 0.15) is 124 Å². The highest BCUT2D eigenvalue weighted by Gasteiger charge is 2.10. The standard InChI is InChI=1S/C21H44/c1-5-7-8-9-10-11-12-13-14-15-16-17-19-21(4)20(3)18-6-2/h20-21H,5-19H2,1-4H3. The van der Waals surface area contributed by atoms with Gasteiger partial charge in [0.25, 0.3) is 0 Å². The van der Waals surface area contributed by atoms with Gasteiger partial charge >= 0.3 is 0 Å². The average molecular weight is 297 g/mol. The SMILES string of the molecule is CCCCCCCCCCCCCCC(C)C(C)CCC. The first-order valence-electron chi connectivity index (χ1n) is 10.2. The van der Waals surface area contributed by atoms with Crippen LogP contribution >= 0.6 is 0 Å². The summed E-state index contributed by atoms with van der Waals surface area (Å²) >= 11 is 0. The molecule has 0 rings (SSSR count). The van der Waals surface area contributed by atoms with Crippen molar-refractivity contribution >= 4 is 0 Å². The minimum Gasteiger partial charge on any atom is -0.0654 e. The molecule has 0 radical (unpaired) electrons. The van der Waals surface area contributed by atoms with Crippen molar-refractivity contribution in [3.63, 3.8) is 0 Å². The summed E-state index contributed by atoms with van der Waals surface area (Å²) in [6.07, 6.45) is 21.8. The number of rotatable bonds is 16. The molecule has 0 aliphatic carbocycles. The molecule has 0 amide bonds. The van der Waals surface area contributed by atoms with E-state index in [1.165, 1.54) is 96.3 Å². The lowest BCUT2D eigenvalue weighted by molar-refractivity contribution is 0.330. The predicted octanol–water partition coefficient (Wildman–Crippen LogP) is 8.15. The van der Waals surface area contributed by atoms with Crippen LogP contribution in [0.15, 0.2) is 0 Å². The molecule has 0 aromatic heterocycles. The summed E-state index contributed by atoms with van der Waals surface area (Å²) in [5, 5.41) is 0. The first-order chi connectivity index (χ1) is 10.2. The maximum absolute atomic E-state index is 2.46. The van der Waals surface area contributed by atoms with Crippen molar-refractivity contribution in [2.75, 3.05) is 0 Å². The van der Waals surface area contributed by atoms with Crippen LogP contribution in [-0.4, -0.2) is 0 Å². The summed E-state index contributed by atoms with van der Waals surface area (Å²) in [6.45, 7) is 9.51. The van der Waals surface area contributed by atoms with E-state index in [1.807, 2.05) is 0 Å². The Balaban J connectivity index is 3.15. The first-order valence-corrected chi connectivity index (χ1v) is 10.2. The van der Waals surface area contributed by atoms with Crippen LogP contribution < -0.4 is 0 Å². The van der Waals surface area contributed by atoms with E-state index >= 15 is 0 Å². The molecular weight excluding hydrogens is 252 g/mol. The topological polar surface area (TPSA) is 0 Å². The smallest absolute Gasteiger partial charge is 0.0417 e. The molecule has 2 atom stereocenters. The van der Waals surface area contributed by atoms with Gasteiger partial charge in [-0.25, -0.2) is 0 Å². The Morgan fingerprint density at radius 3 is 1.24 bits per heavy atom. The molecule has 128 valence electrons. The third-order valence-corrected chi connectivity index (χ3v) is 5.23. The Bertz CT molecular complexity index is 184. The zero-order valence-corrected chi connectivity index (χ0v) is 15.8. The minimum absolute atomic E-state index is 0.933. The van der Waals surface area contributed by atoms with Gasteiger partial charge in [0.15, 0.2) is 0 Å². The zero-order valence-electron chi connectivity index (χ0n) is 15.8. The van der Waals surface area contributed by atoms with E-state index in [-0.39, 0.29) is 0 Å². The zero-order chi connectivity index (χ0) is 15.8. The van der Waals surface area contributed by atoms with Crippen LogP contribution in [0, 0.1) is 11.8 Å². The fourth-order valence-corrected chi connectivity index (χ4v) is 3.33. The van der Waals surface area contributed by atoms with Crippen LogP contribution in [0.2, 0.25) is 0 Å². The molecule has 0 heterocycles. The molecule has 0 nitrogen and oxygen atoms in total. The molecular formula is C21H44. The summed E-state index contributed by atoms with van der Waals surface area (Å²) in [5.41, 5.74) is 0. The molecule has 0 aromatic rings. The molecule has 0 spiro atoms. The highest BCUT2D eigenvalue weighted by Crippen LogP contribution is 2.22. The summed E-state index contributed by atoms with van der Waals surface area (Å²) in [4.78, 5) is 0. The van der Waals surface area contributed by atoms with E-state index in [4.69, 9.17) is 0 Å². The van der Waals surface area contributed by atoms with E-state index in [1.54, 1.807) is 0 Å². The molecule has 0 aliphatic heterocycles. The van der Waals surface area contributed by atoms with E-state index in [2.05, 4.69) is 27.7 Å². The van der Waals surface area contributed by atoms with Gasteiger partial charge in [0.05, 0.1) is 0 Å². The molecule has 0 aliphatic rings. The van der Waals surface area contributed by atoms with Gasteiger partial charge in [-0.15, -0.1) is 0 Å². The molecule has 2 unspecified atom stereocenters. The molecule has 0 aromatic carbocycles. The fraction of sp³-hybridized carbons (Fsp3) is 1.00. The van der Waals surface area contributed by atoms with Gasteiger partial charge in [-0.3, -0.25) is 0 Å². The number of unbranched alkanes of at least 4 members (excludes halogenated alkanes) is 11. The summed E-state index contributed by atoms with van der Waals surface area (Å²) < 4.78 is 0. The molecule has 0 bridgehead atoms. The quantitative estimate of drug-likeness (QED) is 0.252. The summed E-state index contributed by atoms with van der Waals surface area (Å²) in [5.74, 6) is 1.87. The highest BCUT2D eigenvalue weighted by molar-refractivity contribution is 4.62. The number of hydrogen-bond acceptors (Lipinski definition) is 0. The van der Waals surface area contributed by atoms with Crippen molar-refractivity contribution in [1.29, 1.82) is 0 Å². The Morgan fingerprint density at radius 2 is 0.810 bits per heavy atom. The van der Waals surface area contributed by atoms with Gasteiger partial charge < -0.3 is 0 Å². The largest absolute Gasteiger partial charge is 0.0654 e. The van der Waals surface area contributed by atoms with Gasteiger partial charge in [-0.2, -0.15) is 0 Å². The second-order valence-corrected chi connectivity index (χ2v) is 7.42. The highest BCUT2D eigenvalue weighted by atomic mass is 14.2. The van der Waals surface area contributed by atoms with Crippen molar-refractivity contribution in [2.24, 2.45) is 11.8 Å². The van der Waals surface area contributed by atoms with Gasteiger partial charge in [-0.1, -0.05) is 124 Å². The van der Waals surface area contributed by atoms with E-state index in [0.717, 1.165) is 11.8 Å². The first kappa shape index (κ1) is 21.0. The molecule has 0 heteroatoms. The van der Waals surface area contributed by atoms with Crippen molar-refractivity contribution < 1.29 is 0 Å². The summed E-state index contributed by atoms with van der Waals surface area (Å²) in [6, 6.07) is 0. The Labute approximate surface area is 136 Å². The fourth-order valence-electron chi connectivity index (χ4n) is 3.33. The normalized spacial score (nSPS) is 14.3. The second-order valence-electron chi connectivity index (χ2n) is 7.42. The number of hydrogen-bond donors (Lipinski definition) is 0. The molecule has 0 saturated carbocycles. The van der Waals surface area contributed by atoms with Gasteiger partial charge in [0.2, 0.25) is 0 Å². The molecule has 0 saturated heterocycles. The van der Waals surface area contributed by atoms with Crippen molar-refractivity contribution in [2.45, 2.75) is 124 Å². The van der Waals surface area contributed by atoms with Crippen LogP contribution in [0.3, 0.4) is 0 Å². The van der Waals surface area contributed by atoms with E-state index < -0.39 is 0 Å². The third kappa shape index (κ3) is 14.7. The maximum Gasteiger partial charge on any atom is -0.0417 e. The van der Waals surface area contributed by atoms with E-state index in [9.17, 15) is 0 Å². The summed E-state index contributed by atoms with van der Waals surface area (Å²) in [7, 11) is 0. The molecule has 21 heavy (non-hydrogen) atoms. The Hall–Kier alpha value is 0. The lowest BCUT2D eigenvalue weighted by Gasteiger charge is -2.19.